The molecule has 0 bridgehead atoms. The maximum Gasteiger partial charge on any atom is 0.255 e. The van der Waals surface area contributed by atoms with Crippen molar-refractivity contribution in [2.45, 2.75) is 12.3 Å². The molecule has 7 nitrogen and oxygen atoms in total. The van der Waals surface area contributed by atoms with Crippen molar-refractivity contribution in [3.8, 4) is 11.4 Å². The van der Waals surface area contributed by atoms with Crippen LogP contribution in [0.3, 0.4) is 0 Å². The van der Waals surface area contributed by atoms with Gasteiger partial charge in [-0.1, -0.05) is 12.1 Å². The van der Waals surface area contributed by atoms with Gasteiger partial charge in [0.1, 0.15) is 29.5 Å². The summed E-state index contributed by atoms with van der Waals surface area (Å²) in [6.45, 7) is -0.264. The highest BCUT2D eigenvalue weighted by atomic mass is 19.1. The maximum atomic E-state index is 13.6. The number of hydrogen-bond donors (Lipinski definition) is 2. The summed E-state index contributed by atoms with van der Waals surface area (Å²) < 4.78 is 34.0. The number of nitrogens with zero attached hydrogens (tertiary/aromatic N) is 2. The predicted molar refractivity (Wildman–Crippen MR) is 99.7 cm³/mol. The van der Waals surface area contributed by atoms with Crippen LogP contribution in [0.4, 0.5) is 14.6 Å². The molecule has 3 aromatic rings. The number of imidazole rings is 1. The summed E-state index contributed by atoms with van der Waals surface area (Å²) in [5.41, 5.74) is 6.61. The van der Waals surface area contributed by atoms with Gasteiger partial charge in [0, 0.05) is 18.4 Å². The SMILES string of the molecule is NC(=O)COc1cccc([C@H]2CC(=O)Nc3c2ncn3-c2cc(F)cc(F)c2)c1. The number of aromatic nitrogens is 2. The Hall–Kier alpha value is -3.75. The summed E-state index contributed by atoms with van der Waals surface area (Å²) in [7, 11) is 0. The van der Waals surface area contributed by atoms with E-state index in [1.807, 2.05) is 6.07 Å². The summed E-state index contributed by atoms with van der Waals surface area (Å²) in [6, 6.07) is 9.99. The molecule has 0 unspecified atom stereocenters. The molecule has 1 aliphatic heterocycles. The molecule has 148 valence electrons. The molecule has 0 aliphatic carbocycles. The summed E-state index contributed by atoms with van der Waals surface area (Å²) in [5, 5.41) is 2.72. The van der Waals surface area contributed by atoms with E-state index in [1.165, 1.54) is 10.9 Å². The Morgan fingerprint density at radius 3 is 2.72 bits per heavy atom. The maximum absolute atomic E-state index is 13.6. The zero-order valence-corrected chi connectivity index (χ0v) is 15.1. The second-order valence-electron chi connectivity index (χ2n) is 6.61. The van der Waals surface area contributed by atoms with Crippen LogP contribution in [0.15, 0.2) is 48.8 Å². The number of nitrogens with two attached hydrogens (primary N) is 1. The van der Waals surface area contributed by atoms with Crippen molar-refractivity contribution in [1.29, 1.82) is 0 Å². The standard InChI is InChI=1S/C20H16F2N4O3/c21-12-5-13(22)7-14(6-12)26-10-24-19-16(8-18(28)25-20(19)26)11-2-1-3-15(4-11)29-9-17(23)27/h1-7,10,16H,8-9H2,(H2,23,27)(H,25,28)/t16-/m1/s1. The molecule has 0 fully saturated rings. The van der Waals surface area contributed by atoms with E-state index >= 15 is 0 Å². The van der Waals surface area contributed by atoms with Gasteiger partial charge in [0.25, 0.3) is 5.91 Å². The molecule has 1 aromatic heterocycles. The van der Waals surface area contributed by atoms with Gasteiger partial charge in [-0.25, -0.2) is 13.8 Å². The van der Waals surface area contributed by atoms with E-state index in [1.54, 1.807) is 18.2 Å². The van der Waals surface area contributed by atoms with Crippen LogP contribution in [0, 0.1) is 11.6 Å². The third-order valence-corrected chi connectivity index (χ3v) is 4.54. The fourth-order valence-corrected chi connectivity index (χ4v) is 3.33. The zero-order chi connectivity index (χ0) is 20.5. The number of primary amides is 1. The van der Waals surface area contributed by atoms with Gasteiger partial charge in [-0.2, -0.15) is 0 Å². The highest BCUT2D eigenvalue weighted by molar-refractivity contribution is 5.94. The highest BCUT2D eigenvalue weighted by Gasteiger charge is 2.31. The van der Waals surface area contributed by atoms with Crippen molar-refractivity contribution in [2.75, 3.05) is 11.9 Å². The largest absolute Gasteiger partial charge is 0.484 e. The first-order valence-electron chi connectivity index (χ1n) is 8.75. The van der Waals surface area contributed by atoms with Crippen molar-refractivity contribution < 1.29 is 23.1 Å². The minimum atomic E-state index is -0.736. The Balaban J connectivity index is 1.73. The molecule has 0 spiro atoms. The van der Waals surface area contributed by atoms with Crippen LogP contribution < -0.4 is 15.8 Å². The molecule has 2 heterocycles. The van der Waals surface area contributed by atoms with Crippen molar-refractivity contribution in [3.63, 3.8) is 0 Å². The van der Waals surface area contributed by atoms with Gasteiger partial charge in [0.2, 0.25) is 5.91 Å². The van der Waals surface area contributed by atoms with E-state index in [2.05, 4.69) is 10.3 Å². The van der Waals surface area contributed by atoms with Crippen molar-refractivity contribution >= 4 is 17.6 Å². The first kappa shape index (κ1) is 18.6. The van der Waals surface area contributed by atoms with Crippen molar-refractivity contribution in [2.24, 2.45) is 5.73 Å². The summed E-state index contributed by atoms with van der Waals surface area (Å²) in [6.07, 6.45) is 1.55. The molecule has 1 aliphatic rings. The third kappa shape index (κ3) is 3.79. The molecule has 29 heavy (non-hydrogen) atoms. The second kappa shape index (κ2) is 7.34. The van der Waals surface area contributed by atoms with Gasteiger partial charge in [-0.15, -0.1) is 0 Å². The van der Waals surface area contributed by atoms with Gasteiger partial charge in [-0.05, 0) is 29.8 Å². The van der Waals surface area contributed by atoms with Crippen LogP contribution in [0.5, 0.6) is 5.75 Å². The van der Waals surface area contributed by atoms with E-state index in [0.29, 0.717) is 17.3 Å². The number of carbonyl (C=O) groups excluding carboxylic acids is 2. The topological polar surface area (TPSA) is 99.2 Å². The smallest absolute Gasteiger partial charge is 0.255 e. The molecule has 0 radical (unpaired) electrons. The molecular weight excluding hydrogens is 382 g/mol. The lowest BCUT2D eigenvalue weighted by Crippen LogP contribution is -2.25. The van der Waals surface area contributed by atoms with Gasteiger partial charge in [-0.3, -0.25) is 14.2 Å². The number of fused-ring (bicyclic) bond motifs is 1. The lowest BCUT2D eigenvalue weighted by molar-refractivity contribution is -0.120. The Labute approximate surface area is 164 Å². The quantitative estimate of drug-likeness (QED) is 0.690. The van der Waals surface area contributed by atoms with Gasteiger partial charge in [0.05, 0.1) is 11.4 Å². The van der Waals surface area contributed by atoms with Crippen LogP contribution in [-0.4, -0.2) is 28.0 Å². The number of ether oxygens (including phenoxy) is 1. The van der Waals surface area contributed by atoms with Gasteiger partial charge >= 0.3 is 0 Å². The molecule has 0 saturated carbocycles. The van der Waals surface area contributed by atoms with Crippen LogP contribution >= 0.6 is 0 Å². The van der Waals surface area contributed by atoms with Gasteiger partial charge < -0.3 is 15.8 Å². The van der Waals surface area contributed by atoms with Crippen LogP contribution in [0.2, 0.25) is 0 Å². The molecule has 4 rings (SSSR count). The fraction of sp³-hybridized carbons (Fsp3) is 0.150. The minimum absolute atomic E-state index is 0.140. The van der Waals surface area contributed by atoms with E-state index < -0.39 is 23.5 Å². The number of carbonyl (C=O) groups is 2. The number of halogens is 2. The Morgan fingerprint density at radius 2 is 2.00 bits per heavy atom. The lowest BCUT2D eigenvalue weighted by atomic mass is 9.89. The van der Waals surface area contributed by atoms with Crippen molar-refractivity contribution in [3.05, 3.63) is 71.7 Å². The summed E-state index contributed by atoms with van der Waals surface area (Å²) in [4.78, 5) is 27.6. The fourth-order valence-electron chi connectivity index (χ4n) is 3.33. The lowest BCUT2D eigenvalue weighted by Gasteiger charge is -2.23. The Kier molecular flexibility index (Phi) is 4.71. The monoisotopic (exact) mass is 398 g/mol. The summed E-state index contributed by atoms with van der Waals surface area (Å²) in [5.74, 6) is -1.95. The normalized spacial score (nSPS) is 15.5. The molecule has 9 heteroatoms. The first-order chi connectivity index (χ1) is 13.9. The zero-order valence-electron chi connectivity index (χ0n) is 15.1. The minimum Gasteiger partial charge on any atom is -0.484 e. The molecule has 0 saturated heterocycles. The average Bonchev–Trinajstić information content (AvgIpc) is 3.09. The first-order valence-corrected chi connectivity index (χ1v) is 8.75. The number of rotatable bonds is 5. The Morgan fingerprint density at radius 1 is 1.24 bits per heavy atom. The van der Waals surface area contributed by atoms with E-state index in [4.69, 9.17) is 10.5 Å². The van der Waals surface area contributed by atoms with Crippen LogP contribution in [-0.2, 0) is 9.59 Å². The predicted octanol–water partition coefficient (Wildman–Crippen LogP) is 2.49. The van der Waals surface area contributed by atoms with E-state index in [9.17, 15) is 18.4 Å². The number of hydrogen-bond acceptors (Lipinski definition) is 4. The number of benzene rings is 2. The molecule has 2 aromatic carbocycles. The molecule has 3 N–H and O–H groups in total. The number of amides is 2. The molecular formula is C20H16F2N4O3. The van der Waals surface area contributed by atoms with E-state index in [0.717, 1.165) is 23.8 Å². The van der Waals surface area contributed by atoms with Crippen molar-refractivity contribution in [1.82, 2.24) is 9.55 Å². The molecule has 1 atom stereocenters. The third-order valence-electron chi connectivity index (χ3n) is 4.54. The average molecular weight is 398 g/mol. The number of nitrogens with one attached hydrogen (secondary N) is 1. The highest BCUT2D eigenvalue weighted by Crippen LogP contribution is 2.38. The van der Waals surface area contributed by atoms with Crippen LogP contribution in [0.25, 0.3) is 5.69 Å². The second-order valence-corrected chi connectivity index (χ2v) is 6.61. The van der Waals surface area contributed by atoms with Crippen LogP contribution in [0.1, 0.15) is 23.6 Å². The van der Waals surface area contributed by atoms with E-state index in [-0.39, 0.29) is 24.6 Å². The Bertz CT molecular complexity index is 1090. The number of anilines is 1. The summed E-state index contributed by atoms with van der Waals surface area (Å²) >= 11 is 0. The molecule has 2 amide bonds. The van der Waals surface area contributed by atoms with Gasteiger partial charge in [0.15, 0.2) is 6.61 Å².